The van der Waals surface area contributed by atoms with Gasteiger partial charge in [-0.15, -0.1) is 0 Å². The van der Waals surface area contributed by atoms with Crippen molar-refractivity contribution in [2.45, 2.75) is 31.9 Å². The molecule has 0 saturated carbocycles. The van der Waals surface area contributed by atoms with Crippen molar-refractivity contribution in [2.24, 2.45) is 5.92 Å². The molecule has 1 saturated heterocycles. The third kappa shape index (κ3) is 3.44. The number of likely N-dealkylation sites (tertiary alicyclic amines) is 1. The Morgan fingerprint density at radius 3 is 2.73 bits per heavy atom. The highest BCUT2D eigenvalue weighted by molar-refractivity contribution is 5.70. The maximum atomic E-state index is 10.8. The zero-order chi connectivity index (χ0) is 11.4. The lowest BCUT2D eigenvalue weighted by molar-refractivity contribution is -0.144. The van der Waals surface area contributed by atoms with Crippen molar-refractivity contribution in [3.8, 4) is 0 Å². The van der Waals surface area contributed by atoms with Gasteiger partial charge in [-0.05, 0) is 26.3 Å². The predicted octanol–water partition coefficient (Wildman–Crippen LogP) is -0.475. The smallest absolute Gasteiger partial charge is 0.306 e. The number of hydrogen-bond donors (Lipinski definition) is 3. The Balaban J connectivity index is 2.42. The number of aliphatic carboxylic acids is 1. The lowest BCUT2D eigenvalue weighted by Crippen LogP contribution is -2.46. The number of aliphatic hydroxyl groups is 2. The number of piperidine rings is 1. The molecule has 0 spiro atoms. The molecular weight excluding hydrogens is 198 g/mol. The van der Waals surface area contributed by atoms with Crippen LogP contribution in [-0.2, 0) is 4.79 Å². The monoisotopic (exact) mass is 217 g/mol. The minimum Gasteiger partial charge on any atom is -0.481 e. The van der Waals surface area contributed by atoms with E-state index in [4.69, 9.17) is 10.2 Å². The van der Waals surface area contributed by atoms with E-state index in [1.54, 1.807) is 0 Å². The van der Waals surface area contributed by atoms with Crippen LogP contribution in [0.15, 0.2) is 0 Å². The summed E-state index contributed by atoms with van der Waals surface area (Å²) in [5.74, 6) is -0.994. The van der Waals surface area contributed by atoms with E-state index < -0.39 is 12.1 Å². The summed E-state index contributed by atoms with van der Waals surface area (Å²) >= 11 is 0. The molecule has 3 unspecified atom stereocenters. The van der Waals surface area contributed by atoms with E-state index in [2.05, 4.69) is 0 Å². The van der Waals surface area contributed by atoms with Gasteiger partial charge < -0.3 is 15.3 Å². The van der Waals surface area contributed by atoms with Crippen LogP contribution in [0.1, 0.15) is 19.8 Å². The van der Waals surface area contributed by atoms with E-state index in [0.29, 0.717) is 25.9 Å². The van der Waals surface area contributed by atoms with Crippen molar-refractivity contribution < 1.29 is 20.1 Å². The molecule has 0 bridgehead atoms. The van der Waals surface area contributed by atoms with Gasteiger partial charge in [0.25, 0.3) is 0 Å². The standard InChI is InChI=1S/C10H19NO4/c1-7-4-8(10(14)15)2-3-11(7)5-9(13)6-12/h7-9,12-13H,2-6H2,1H3,(H,14,15). The summed E-state index contributed by atoms with van der Waals surface area (Å²) in [6.07, 6.45) is 0.513. The highest BCUT2D eigenvalue weighted by Gasteiger charge is 2.30. The number of carbonyl (C=O) groups is 1. The number of β-amino-alcohol motifs (C(OH)–C–C–N with tert-alkyl or cyclic N) is 1. The molecule has 0 radical (unpaired) electrons. The molecule has 3 N–H and O–H groups in total. The Kier molecular flexibility index (Phi) is 4.50. The third-order valence-corrected chi connectivity index (χ3v) is 3.02. The molecular formula is C10H19NO4. The second-order valence-corrected chi connectivity index (χ2v) is 4.24. The number of rotatable bonds is 4. The van der Waals surface area contributed by atoms with Gasteiger partial charge in [0.1, 0.15) is 0 Å². The summed E-state index contributed by atoms with van der Waals surface area (Å²) < 4.78 is 0. The summed E-state index contributed by atoms with van der Waals surface area (Å²) in [5.41, 5.74) is 0. The van der Waals surface area contributed by atoms with Crippen molar-refractivity contribution >= 4 is 5.97 Å². The second kappa shape index (κ2) is 5.44. The van der Waals surface area contributed by atoms with Crippen molar-refractivity contribution in [3.63, 3.8) is 0 Å². The number of aliphatic hydroxyl groups excluding tert-OH is 2. The molecule has 0 aromatic heterocycles. The topological polar surface area (TPSA) is 81.0 Å². The van der Waals surface area contributed by atoms with E-state index in [9.17, 15) is 9.90 Å². The average molecular weight is 217 g/mol. The van der Waals surface area contributed by atoms with Crippen LogP contribution >= 0.6 is 0 Å². The molecule has 15 heavy (non-hydrogen) atoms. The van der Waals surface area contributed by atoms with Gasteiger partial charge in [0.05, 0.1) is 18.6 Å². The third-order valence-electron chi connectivity index (χ3n) is 3.02. The molecule has 0 amide bonds. The normalized spacial score (nSPS) is 30.1. The van der Waals surface area contributed by atoms with E-state index in [0.717, 1.165) is 0 Å². The largest absolute Gasteiger partial charge is 0.481 e. The van der Waals surface area contributed by atoms with Crippen LogP contribution in [-0.4, -0.2) is 58.0 Å². The first-order valence-corrected chi connectivity index (χ1v) is 5.30. The summed E-state index contributed by atoms with van der Waals surface area (Å²) in [7, 11) is 0. The molecule has 1 heterocycles. The van der Waals surface area contributed by atoms with Gasteiger partial charge in [-0.1, -0.05) is 0 Å². The second-order valence-electron chi connectivity index (χ2n) is 4.24. The fourth-order valence-electron chi connectivity index (χ4n) is 2.04. The minimum atomic E-state index is -0.732. The summed E-state index contributed by atoms with van der Waals surface area (Å²) in [4.78, 5) is 12.8. The van der Waals surface area contributed by atoms with Gasteiger partial charge in [0.15, 0.2) is 0 Å². The SMILES string of the molecule is CC1CC(C(=O)O)CCN1CC(O)CO. The molecule has 1 aliphatic rings. The first-order valence-electron chi connectivity index (χ1n) is 5.30. The predicted molar refractivity (Wildman–Crippen MR) is 54.5 cm³/mol. The summed E-state index contributed by atoms with van der Waals surface area (Å²) in [5, 5.41) is 26.9. The van der Waals surface area contributed by atoms with Gasteiger partial charge in [-0.2, -0.15) is 0 Å². The van der Waals surface area contributed by atoms with Crippen molar-refractivity contribution in [1.82, 2.24) is 4.90 Å². The molecule has 5 nitrogen and oxygen atoms in total. The van der Waals surface area contributed by atoms with E-state index in [1.807, 2.05) is 11.8 Å². The zero-order valence-corrected chi connectivity index (χ0v) is 8.96. The van der Waals surface area contributed by atoms with Crippen LogP contribution in [0.25, 0.3) is 0 Å². The van der Waals surface area contributed by atoms with Crippen molar-refractivity contribution in [3.05, 3.63) is 0 Å². The molecule has 0 aromatic rings. The highest BCUT2D eigenvalue weighted by atomic mass is 16.4. The molecule has 88 valence electrons. The highest BCUT2D eigenvalue weighted by Crippen LogP contribution is 2.22. The number of carboxylic acids is 1. The van der Waals surface area contributed by atoms with Crippen molar-refractivity contribution in [1.29, 1.82) is 0 Å². The van der Waals surface area contributed by atoms with Crippen LogP contribution in [0, 0.1) is 5.92 Å². The van der Waals surface area contributed by atoms with Crippen LogP contribution < -0.4 is 0 Å². The molecule has 3 atom stereocenters. The molecule has 1 aliphatic heterocycles. The molecule has 0 aromatic carbocycles. The minimum absolute atomic E-state index is 0.154. The van der Waals surface area contributed by atoms with Crippen LogP contribution in [0.2, 0.25) is 0 Å². The number of carboxylic acid groups (broad SMARTS) is 1. The van der Waals surface area contributed by atoms with Gasteiger partial charge in [-0.25, -0.2) is 0 Å². The zero-order valence-electron chi connectivity index (χ0n) is 8.96. The van der Waals surface area contributed by atoms with Crippen LogP contribution in [0.3, 0.4) is 0 Å². The van der Waals surface area contributed by atoms with Gasteiger partial charge in [-0.3, -0.25) is 9.69 Å². The summed E-state index contributed by atoms with van der Waals surface area (Å²) in [6, 6.07) is 0.154. The Morgan fingerprint density at radius 1 is 1.60 bits per heavy atom. The Morgan fingerprint density at radius 2 is 2.27 bits per heavy atom. The lowest BCUT2D eigenvalue weighted by Gasteiger charge is -2.37. The maximum Gasteiger partial charge on any atom is 0.306 e. The van der Waals surface area contributed by atoms with E-state index >= 15 is 0 Å². The van der Waals surface area contributed by atoms with E-state index in [1.165, 1.54) is 0 Å². The maximum absolute atomic E-state index is 10.8. The molecule has 0 aliphatic carbocycles. The summed E-state index contributed by atoms with van der Waals surface area (Å²) in [6.45, 7) is 2.81. The average Bonchev–Trinajstić information content (AvgIpc) is 2.20. The van der Waals surface area contributed by atoms with Gasteiger partial charge in [0.2, 0.25) is 0 Å². The Labute approximate surface area is 89.3 Å². The molecule has 1 rings (SSSR count). The quantitative estimate of drug-likeness (QED) is 0.593. The van der Waals surface area contributed by atoms with Gasteiger partial charge >= 0.3 is 5.97 Å². The molecule has 5 heteroatoms. The van der Waals surface area contributed by atoms with E-state index in [-0.39, 0.29) is 18.6 Å². The number of hydrogen-bond acceptors (Lipinski definition) is 4. The first-order chi connectivity index (χ1) is 7.04. The lowest BCUT2D eigenvalue weighted by atomic mass is 9.91. The Hall–Kier alpha value is -0.650. The van der Waals surface area contributed by atoms with Gasteiger partial charge in [0, 0.05) is 12.6 Å². The fraction of sp³-hybridized carbons (Fsp3) is 0.900. The first kappa shape index (κ1) is 12.4. The fourth-order valence-corrected chi connectivity index (χ4v) is 2.04. The molecule has 1 fully saturated rings. The van der Waals surface area contributed by atoms with Crippen LogP contribution in [0.5, 0.6) is 0 Å². The number of nitrogens with zero attached hydrogens (tertiary/aromatic N) is 1. The Bertz CT molecular complexity index is 221. The van der Waals surface area contributed by atoms with Crippen LogP contribution in [0.4, 0.5) is 0 Å². The van der Waals surface area contributed by atoms with Crippen molar-refractivity contribution in [2.75, 3.05) is 19.7 Å².